The molecule has 0 spiro atoms. The lowest BCUT2D eigenvalue weighted by atomic mass is 10.1. The first kappa shape index (κ1) is 21.5. The van der Waals surface area contributed by atoms with Crippen LogP contribution in [-0.4, -0.2) is 31.0 Å². The molecule has 4 aromatic rings. The van der Waals surface area contributed by atoms with Crippen molar-refractivity contribution in [2.45, 2.75) is 18.4 Å². The number of amides is 1. The van der Waals surface area contributed by atoms with Crippen LogP contribution < -0.4 is 15.2 Å². The lowest BCUT2D eigenvalue weighted by Crippen LogP contribution is -2.15. The highest BCUT2D eigenvalue weighted by Gasteiger charge is 2.14. The molecule has 164 valence electrons. The zero-order chi connectivity index (χ0) is 22.9. The van der Waals surface area contributed by atoms with E-state index in [1.54, 1.807) is 38.6 Å². The van der Waals surface area contributed by atoms with Crippen molar-refractivity contribution in [2.75, 3.05) is 12.4 Å². The third-order valence-corrected chi connectivity index (χ3v) is 5.95. The van der Waals surface area contributed by atoms with E-state index in [0.29, 0.717) is 28.9 Å². The van der Waals surface area contributed by atoms with E-state index in [2.05, 4.69) is 10.3 Å². The molecule has 0 aliphatic heterocycles. The van der Waals surface area contributed by atoms with Crippen LogP contribution in [0.3, 0.4) is 0 Å². The topological polar surface area (TPSA) is 116 Å². The van der Waals surface area contributed by atoms with Gasteiger partial charge in [0.25, 0.3) is 5.91 Å². The summed E-state index contributed by atoms with van der Waals surface area (Å²) in [4.78, 5) is 17.1. The molecule has 0 aliphatic rings. The summed E-state index contributed by atoms with van der Waals surface area (Å²) in [7, 11) is -2.24. The summed E-state index contributed by atoms with van der Waals surface area (Å²) < 4.78 is 30.7. The summed E-state index contributed by atoms with van der Waals surface area (Å²) in [5, 5.41) is 7.94. The van der Waals surface area contributed by atoms with Crippen LogP contribution in [0.25, 0.3) is 11.0 Å². The highest BCUT2D eigenvalue weighted by Crippen LogP contribution is 2.23. The van der Waals surface area contributed by atoms with Gasteiger partial charge in [-0.3, -0.25) is 4.79 Å². The first-order chi connectivity index (χ1) is 15.2. The van der Waals surface area contributed by atoms with E-state index in [1.807, 2.05) is 34.9 Å². The Morgan fingerprint density at radius 3 is 2.66 bits per heavy atom. The number of nitrogens with zero attached hydrogens (tertiary/aromatic N) is 2. The molecule has 1 aromatic heterocycles. The molecule has 0 unspecified atom stereocenters. The lowest BCUT2D eigenvalue weighted by molar-refractivity contribution is 0.102. The average molecular weight is 451 g/mol. The first-order valence-electron chi connectivity index (χ1n) is 9.77. The van der Waals surface area contributed by atoms with Crippen molar-refractivity contribution in [3.63, 3.8) is 0 Å². The Morgan fingerprint density at radius 2 is 1.91 bits per heavy atom. The summed E-state index contributed by atoms with van der Waals surface area (Å²) >= 11 is 0. The number of nitrogens with one attached hydrogen (secondary N) is 1. The monoisotopic (exact) mass is 450 g/mol. The average Bonchev–Trinajstić information content (AvgIpc) is 3.15. The molecule has 32 heavy (non-hydrogen) atoms. The van der Waals surface area contributed by atoms with Crippen molar-refractivity contribution in [1.82, 2.24) is 9.55 Å². The number of aryl methyl sites for hydroxylation is 1. The van der Waals surface area contributed by atoms with E-state index in [0.717, 1.165) is 16.8 Å². The number of methoxy groups -OCH3 is 1. The largest absolute Gasteiger partial charge is 0.496 e. The van der Waals surface area contributed by atoms with Gasteiger partial charge in [0.2, 0.25) is 10.0 Å². The van der Waals surface area contributed by atoms with Crippen molar-refractivity contribution >= 4 is 32.7 Å². The second-order valence-electron chi connectivity index (χ2n) is 7.42. The molecule has 3 N–H and O–H groups in total. The maximum Gasteiger partial charge on any atom is 0.255 e. The fourth-order valence-electron chi connectivity index (χ4n) is 3.54. The summed E-state index contributed by atoms with van der Waals surface area (Å²) in [5.74, 6) is 0.416. The van der Waals surface area contributed by atoms with Crippen LogP contribution in [-0.2, 0) is 16.6 Å². The first-order valence-corrected chi connectivity index (χ1v) is 11.3. The molecule has 0 fully saturated rings. The van der Waals surface area contributed by atoms with E-state index in [9.17, 15) is 13.2 Å². The molecule has 3 aromatic carbocycles. The molecule has 0 saturated carbocycles. The Bertz CT molecular complexity index is 1430. The number of nitrogens with two attached hydrogens (primary N) is 1. The van der Waals surface area contributed by atoms with Gasteiger partial charge in [0, 0.05) is 16.8 Å². The standard InChI is InChI=1S/C23H22N4O4S/c1-15-9-18(12-19(10-15)32(24,29)30)26-23(28)16-7-8-21-20(11-16)25-14-27(21)13-17-5-3-4-6-22(17)31-2/h3-12,14H,13H2,1-2H3,(H,26,28)(H2,24,29,30). The van der Waals surface area contributed by atoms with Gasteiger partial charge in [-0.15, -0.1) is 0 Å². The predicted molar refractivity (Wildman–Crippen MR) is 122 cm³/mol. The highest BCUT2D eigenvalue weighted by molar-refractivity contribution is 7.89. The van der Waals surface area contributed by atoms with Crippen LogP contribution in [0, 0.1) is 6.92 Å². The molecule has 1 amide bonds. The van der Waals surface area contributed by atoms with Gasteiger partial charge in [0.1, 0.15) is 5.75 Å². The minimum absolute atomic E-state index is 0.0571. The number of fused-ring (bicyclic) bond motifs is 1. The maximum atomic E-state index is 12.8. The number of hydrogen-bond acceptors (Lipinski definition) is 5. The molecule has 0 atom stereocenters. The number of para-hydroxylation sites is 1. The van der Waals surface area contributed by atoms with Crippen molar-refractivity contribution in [2.24, 2.45) is 5.14 Å². The second-order valence-corrected chi connectivity index (χ2v) is 8.98. The fourth-order valence-corrected chi connectivity index (χ4v) is 4.18. The predicted octanol–water partition coefficient (Wildman–Crippen LogP) is 3.30. The molecule has 1 heterocycles. The number of primary sulfonamides is 1. The van der Waals surface area contributed by atoms with Crippen LogP contribution in [0.2, 0.25) is 0 Å². The minimum Gasteiger partial charge on any atom is -0.496 e. The second kappa shape index (κ2) is 8.45. The number of rotatable bonds is 6. The van der Waals surface area contributed by atoms with Crippen molar-refractivity contribution in [3.8, 4) is 5.75 Å². The van der Waals surface area contributed by atoms with Crippen molar-refractivity contribution in [1.29, 1.82) is 0 Å². The highest BCUT2D eigenvalue weighted by atomic mass is 32.2. The van der Waals surface area contributed by atoms with Gasteiger partial charge in [-0.25, -0.2) is 18.5 Å². The van der Waals surface area contributed by atoms with Gasteiger partial charge in [-0.05, 0) is 55.0 Å². The zero-order valence-corrected chi connectivity index (χ0v) is 18.4. The van der Waals surface area contributed by atoms with Gasteiger partial charge < -0.3 is 14.6 Å². The number of benzene rings is 3. The summed E-state index contributed by atoms with van der Waals surface area (Å²) in [5.41, 5.74) is 3.97. The molecule has 0 aliphatic carbocycles. The third-order valence-electron chi connectivity index (χ3n) is 5.05. The molecule has 4 rings (SSSR count). The Hall–Kier alpha value is -3.69. The SMILES string of the molecule is COc1ccccc1Cn1cnc2cc(C(=O)Nc3cc(C)cc(S(N)(=O)=O)c3)ccc21. The van der Waals surface area contributed by atoms with Crippen LogP contribution in [0.1, 0.15) is 21.5 Å². The smallest absolute Gasteiger partial charge is 0.255 e. The minimum atomic E-state index is -3.88. The van der Waals surface area contributed by atoms with E-state index in [1.165, 1.54) is 12.1 Å². The lowest BCUT2D eigenvalue weighted by Gasteiger charge is -2.10. The molecule has 8 nitrogen and oxygen atoms in total. The normalized spacial score (nSPS) is 11.5. The van der Waals surface area contributed by atoms with E-state index in [4.69, 9.17) is 9.88 Å². The van der Waals surface area contributed by atoms with Gasteiger partial charge in [-0.2, -0.15) is 0 Å². The van der Waals surface area contributed by atoms with Gasteiger partial charge in [0.05, 0.1) is 35.9 Å². The fraction of sp³-hybridized carbons (Fsp3) is 0.130. The molecular weight excluding hydrogens is 428 g/mol. The Labute approximate surface area is 185 Å². The van der Waals surface area contributed by atoms with Gasteiger partial charge in [-0.1, -0.05) is 18.2 Å². The van der Waals surface area contributed by atoms with Gasteiger partial charge >= 0.3 is 0 Å². The number of carbonyl (C=O) groups excluding carboxylic acids is 1. The Balaban J connectivity index is 1.59. The molecule has 0 saturated heterocycles. The zero-order valence-electron chi connectivity index (χ0n) is 17.6. The summed E-state index contributed by atoms with van der Waals surface area (Å²) in [6, 6.07) is 17.4. The van der Waals surface area contributed by atoms with Crippen molar-refractivity contribution < 1.29 is 17.9 Å². The maximum absolute atomic E-state index is 12.8. The van der Waals surface area contributed by atoms with E-state index >= 15 is 0 Å². The number of hydrogen-bond donors (Lipinski definition) is 2. The van der Waals surface area contributed by atoms with E-state index in [-0.39, 0.29) is 10.8 Å². The van der Waals surface area contributed by atoms with E-state index < -0.39 is 10.0 Å². The van der Waals surface area contributed by atoms with Crippen molar-refractivity contribution in [3.05, 3.63) is 83.7 Å². The third kappa shape index (κ3) is 4.48. The van der Waals surface area contributed by atoms with Crippen LogP contribution >= 0.6 is 0 Å². The number of imidazole rings is 1. The number of aromatic nitrogens is 2. The van der Waals surface area contributed by atoms with Gasteiger partial charge in [0.15, 0.2) is 0 Å². The Morgan fingerprint density at radius 1 is 1.12 bits per heavy atom. The molecular formula is C23H22N4O4S. The number of sulfonamides is 1. The van der Waals surface area contributed by atoms with Crippen LogP contribution in [0.4, 0.5) is 5.69 Å². The molecule has 0 bridgehead atoms. The number of ether oxygens (including phenoxy) is 1. The quantitative estimate of drug-likeness (QED) is 0.468. The number of carbonyl (C=O) groups is 1. The molecule has 9 heteroatoms. The molecule has 0 radical (unpaired) electrons. The van der Waals surface area contributed by atoms with Crippen LogP contribution in [0.15, 0.2) is 71.9 Å². The Kier molecular flexibility index (Phi) is 5.68. The number of anilines is 1. The van der Waals surface area contributed by atoms with Crippen LogP contribution in [0.5, 0.6) is 5.75 Å². The summed E-state index contributed by atoms with van der Waals surface area (Å²) in [6.45, 7) is 2.30. The summed E-state index contributed by atoms with van der Waals surface area (Å²) in [6.07, 6.45) is 1.72.